The lowest BCUT2D eigenvalue weighted by Crippen LogP contribution is -2.42. The molecule has 1 amide bonds. The van der Waals surface area contributed by atoms with Gasteiger partial charge in [-0.05, 0) is 5.41 Å². The standard InChI is InChI=1S/C7H15N2O/c1-7(2,3)5(8)6(10)9-4/h5,8H,1-4H3,(H,9,10). The fraction of sp³-hybridized carbons (Fsp3) is 0.857. The lowest BCUT2D eigenvalue weighted by molar-refractivity contribution is -0.124. The second-order valence-electron chi connectivity index (χ2n) is 3.41. The summed E-state index contributed by atoms with van der Waals surface area (Å²) in [7, 11) is 1.55. The van der Waals surface area contributed by atoms with Crippen LogP contribution in [0.4, 0.5) is 0 Å². The van der Waals surface area contributed by atoms with Gasteiger partial charge in [0.25, 0.3) is 0 Å². The summed E-state index contributed by atoms with van der Waals surface area (Å²) in [5, 5.41) is 2.44. The first-order valence-electron chi connectivity index (χ1n) is 3.32. The molecule has 0 fully saturated rings. The van der Waals surface area contributed by atoms with Crippen LogP contribution in [0.5, 0.6) is 0 Å². The molecular formula is C7H15N2O. The molecule has 0 saturated carbocycles. The Bertz CT molecular complexity index is 126. The Labute approximate surface area is 62.0 Å². The molecular weight excluding hydrogens is 128 g/mol. The molecule has 0 aliphatic carbocycles. The quantitative estimate of drug-likeness (QED) is 0.568. The summed E-state index contributed by atoms with van der Waals surface area (Å²) in [4.78, 5) is 10.9. The van der Waals surface area contributed by atoms with Crippen molar-refractivity contribution >= 4 is 5.91 Å². The van der Waals surface area contributed by atoms with Crippen LogP contribution in [0.1, 0.15) is 20.8 Å². The fourth-order valence-corrected chi connectivity index (χ4v) is 0.538. The highest BCUT2D eigenvalue weighted by Gasteiger charge is 2.26. The number of amides is 1. The Morgan fingerprint density at radius 2 is 1.90 bits per heavy atom. The molecule has 10 heavy (non-hydrogen) atoms. The van der Waals surface area contributed by atoms with Crippen LogP contribution in [-0.2, 0) is 4.79 Å². The summed E-state index contributed by atoms with van der Waals surface area (Å²) in [5.74, 6) is -0.215. The van der Waals surface area contributed by atoms with Crippen LogP contribution in [0.3, 0.4) is 0 Å². The van der Waals surface area contributed by atoms with E-state index in [4.69, 9.17) is 5.73 Å². The first-order valence-corrected chi connectivity index (χ1v) is 3.32. The zero-order valence-corrected chi connectivity index (χ0v) is 6.99. The van der Waals surface area contributed by atoms with E-state index in [2.05, 4.69) is 5.32 Å². The summed E-state index contributed by atoms with van der Waals surface area (Å²) in [6.07, 6.45) is 0. The van der Waals surface area contributed by atoms with Gasteiger partial charge in [0.05, 0.1) is 0 Å². The zero-order valence-electron chi connectivity index (χ0n) is 6.99. The number of carbonyl (C=O) groups excluding carboxylic acids is 1. The lowest BCUT2D eigenvalue weighted by atomic mass is 9.87. The molecule has 0 aliphatic heterocycles. The van der Waals surface area contributed by atoms with Crippen LogP contribution < -0.4 is 11.1 Å². The van der Waals surface area contributed by atoms with E-state index in [0.717, 1.165) is 0 Å². The van der Waals surface area contributed by atoms with Crippen LogP contribution in [0.2, 0.25) is 0 Å². The van der Waals surface area contributed by atoms with E-state index in [0.29, 0.717) is 0 Å². The molecule has 0 saturated heterocycles. The van der Waals surface area contributed by atoms with E-state index in [9.17, 15) is 4.79 Å². The van der Waals surface area contributed by atoms with Gasteiger partial charge in [-0.2, -0.15) is 0 Å². The molecule has 0 aliphatic rings. The third kappa shape index (κ3) is 2.35. The molecule has 3 nitrogen and oxygen atoms in total. The predicted molar refractivity (Wildman–Crippen MR) is 40.4 cm³/mol. The Kier molecular flexibility index (Phi) is 2.84. The summed E-state index contributed by atoms with van der Waals surface area (Å²) in [6, 6.07) is -0.669. The van der Waals surface area contributed by atoms with E-state index in [1.54, 1.807) is 7.05 Å². The van der Waals surface area contributed by atoms with Crippen LogP contribution in [0.25, 0.3) is 0 Å². The molecule has 0 spiro atoms. The molecule has 0 bridgehead atoms. The van der Waals surface area contributed by atoms with Crippen LogP contribution in [-0.4, -0.2) is 19.0 Å². The third-order valence-electron chi connectivity index (χ3n) is 1.37. The summed E-state index contributed by atoms with van der Waals surface area (Å²) in [6.45, 7) is 5.62. The molecule has 3 heteroatoms. The number of hydrogen-bond acceptors (Lipinski definition) is 1. The van der Waals surface area contributed by atoms with Gasteiger partial charge in [0, 0.05) is 7.05 Å². The molecule has 2 N–H and O–H groups in total. The normalized spacial score (nSPS) is 14.5. The first-order chi connectivity index (χ1) is 4.39. The van der Waals surface area contributed by atoms with Gasteiger partial charge in [-0.15, -0.1) is 0 Å². The second-order valence-corrected chi connectivity index (χ2v) is 3.41. The van der Waals surface area contributed by atoms with Crippen molar-refractivity contribution < 1.29 is 4.79 Å². The van der Waals surface area contributed by atoms with Gasteiger partial charge < -0.3 is 5.32 Å². The minimum absolute atomic E-state index is 0.215. The SMILES string of the molecule is CNC(=O)C([NH])C(C)(C)C. The van der Waals surface area contributed by atoms with Crippen molar-refractivity contribution in [1.29, 1.82) is 0 Å². The van der Waals surface area contributed by atoms with Crippen LogP contribution in [0, 0.1) is 5.41 Å². The van der Waals surface area contributed by atoms with E-state index < -0.39 is 6.04 Å². The maximum absolute atomic E-state index is 10.9. The van der Waals surface area contributed by atoms with Crippen molar-refractivity contribution in [1.82, 2.24) is 11.1 Å². The molecule has 0 rings (SSSR count). The highest BCUT2D eigenvalue weighted by atomic mass is 16.2. The van der Waals surface area contributed by atoms with Crippen LogP contribution >= 0.6 is 0 Å². The van der Waals surface area contributed by atoms with Gasteiger partial charge in [-0.3, -0.25) is 4.79 Å². The number of rotatable bonds is 1. The number of carbonyl (C=O) groups is 1. The number of hydrogen-bond donors (Lipinski definition) is 1. The molecule has 1 atom stereocenters. The van der Waals surface area contributed by atoms with Crippen molar-refractivity contribution in [2.45, 2.75) is 26.8 Å². The van der Waals surface area contributed by atoms with Crippen molar-refractivity contribution in [3.8, 4) is 0 Å². The van der Waals surface area contributed by atoms with Crippen molar-refractivity contribution in [3.05, 3.63) is 0 Å². The minimum atomic E-state index is -0.669. The predicted octanol–water partition coefficient (Wildman–Crippen LogP) is 0.430. The summed E-state index contributed by atoms with van der Waals surface area (Å²) >= 11 is 0. The van der Waals surface area contributed by atoms with Gasteiger partial charge >= 0.3 is 0 Å². The van der Waals surface area contributed by atoms with Gasteiger partial charge in [-0.1, -0.05) is 20.8 Å². The fourth-order valence-electron chi connectivity index (χ4n) is 0.538. The second kappa shape index (κ2) is 3.01. The monoisotopic (exact) mass is 143 g/mol. The summed E-state index contributed by atoms with van der Waals surface area (Å²) < 4.78 is 0. The third-order valence-corrected chi connectivity index (χ3v) is 1.37. The van der Waals surface area contributed by atoms with E-state index >= 15 is 0 Å². The number of likely N-dealkylation sites (N-methyl/N-ethyl adjacent to an activating group) is 1. The van der Waals surface area contributed by atoms with Gasteiger partial charge in [-0.25, -0.2) is 5.73 Å². The van der Waals surface area contributed by atoms with Crippen LogP contribution in [0.15, 0.2) is 0 Å². The Hall–Kier alpha value is -0.570. The molecule has 59 valence electrons. The van der Waals surface area contributed by atoms with Gasteiger partial charge in [0.1, 0.15) is 6.04 Å². The molecule has 0 heterocycles. The first kappa shape index (κ1) is 9.43. The Morgan fingerprint density at radius 1 is 1.50 bits per heavy atom. The van der Waals surface area contributed by atoms with Gasteiger partial charge in [0.2, 0.25) is 5.91 Å². The minimum Gasteiger partial charge on any atom is -0.358 e. The molecule has 0 aromatic carbocycles. The van der Waals surface area contributed by atoms with Crippen molar-refractivity contribution in [3.63, 3.8) is 0 Å². The highest BCUT2D eigenvalue weighted by molar-refractivity contribution is 5.81. The van der Waals surface area contributed by atoms with E-state index in [1.807, 2.05) is 20.8 Å². The zero-order chi connectivity index (χ0) is 8.36. The Morgan fingerprint density at radius 3 is 2.00 bits per heavy atom. The molecule has 0 aromatic rings. The average Bonchev–Trinajstić information content (AvgIpc) is 1.83. The topological polar surface area (TPSA) is 52.9 Å². The maximum atomic E-state index is 10.9. The highest BCUT2D eigenvalue weighted by Crippen LogP contribution is 2.17. The smallest absolute Gasteiger partial charge is 0.238 e. The number of nitrogens with one attached hydrogen (secondary N) is 2. The Balaban J connectivity index is 4.08. The van der Waals surface area contributed by atoms with E-state index in [-0.39, 0.29) is 11.3 Å². The molecule has 1 radical (unpaired) electrons. The molecule has 0 aromatic heterocycles. The lowest BCUT2D eigenvalue weighted by Gasteiger charge is -2.23. The van der Waals surface area contributed by atoms with Crippen molar-refractivity contribution in [2.75, 3.05) is 7.05 Å². The largest absolute Gasteiger partial charge is 0.358 e. The maximum Gasteiger partial charge on any atom is 0.238 e. The summed E-state index contributed by atoms with van der Waals surface area (Å²) in [5.41, 5.74) is 7.15. The van der Waals surface area contributed by atoms with Gasteiger partial charge in [0.15, 0.2) is 0 Å². The average molecular weight is 143 g/mol. The van der Waals surface area contributed by atoms with Crippen molar-refractivity contribution in [2.24, 2.45) is 5.41 Å². The molecule has 1 unspecified atom stereocenters. The van der Waals surface area contributed by atoms with E-state index in [1.165, 1.54) is 0 Å².